The molecule has 1 rings (SSSR count). The van der Waals surface area contributed by atoms with Crippen molar-refractivity contribution in [3.8, 4) is 0 Å². The van der Waals surface area contributed by atoms with Crippen LogP contribution in [-0.4, -0.2) is 53.8 Å². The Kier molecular flexibility index (Phi) is 6.97. The summed E-state index contributed by atoms with van der Waals surface area (Å²) in [6.07, 6.45) is 3.57. The van der Waals surface area contributed by atoms with Gasteiger partial charge in [-0.05, 0) is 19.3 Å². The molecule has 0 saturated carbocycles. The predicted octanol–water partition coefficient (Wildman–Crippen LogP) is 1.08. The molecule has 0 fully saturated rings. The summed E-state index contributed by atoms with van der Waals surface area (Å²) in [7, 11) is -3.12. The fourth-order valence-corrected chi connectivity index (χ4v) is 2.96. The van der Waals surface area contributed by atoms with E-state index in [1.165, 1.54) is 10.6 Å². The highest BCUT2D eigenvalue weighted by Crippen LogP contribution is 2.07. The van der Waals surface area contributed by atoms with Gasteiger partial charge in [0, 0.05) is 19.6 Å². The zero-order chi connectivity index (χ0) is 15.9. The molecule has 0 atom stereocenters. The van der Waals surface area contributed by atoms with Gasteiger partial charge in [-0.3, -0.25) is 0 Å². The van der Waals surface area contributed by atoms with Crippen LogP contribution >= 0.6 is 0 Å². The molecule has 0 amide bonds. The fourth-order valence-electron chi connectivity index (χ4n) is 2.03. The Bertz CT molecular complexity index is 547. The van der Waals surface area contributed by atoms with Crippen LogP contribution < -0.4 is 5.32 Å². The molecule has 8 heteroatoms. The molecule has 0 unspecified atom stereocenters. The summed E-state index contributed by atoms with van der Waals surface area (Å²) in [5.41, 5.74) is 1.89. The summed E-state index contributed by atoms with van der Waals surface area (Å²) in [4.78, 5) is 4.43. The molecule has 1 heterocycles. The van der Waals surface area contributed by atoms with Gasteiger partial charge in [0.05, 0.1) is 17.6 Å². The van der Waals surface area contributed by atoms with E-state index in [1.807, 2.05) is 20.8 Å². The summed E-state index contributed by atoms with van der Waals surface area (Å²) in [6.45, 7) is 7.49. The number of sulfonamides is 1. The van der Waals surface area contributed by atoms with E-state index in [1.54, 1.807) is 0 Å². The van der Waals surface area contributed by atoms with Gasteiger partial charge in [-0.25, -0.2) is 17.7 Å². The van der Waals surface area contributed by atoms with Crippen molar-refractivity contribution in [2.24, 2.45) is 0 Å². The van der Waals surface area contributed by atoms with E-state index in [9.17, 15) is 8.42 Å². The van der Waals surface area contributed by atoms with Gasteiger partial charge >= 0.3 is 0 Å². The Morgan fingerprint density at radius 2 is 1.76 bits per heavy atom. The molecule has 21 heavy (non-hydrogen) atoms. The molecule has 1 N–H and O–H groups in total. The van der Waals surface area contributed by atoms with Crippen LogP contribution in [0.1, 0.15) is 38.6 Å². The van der Waals surface area contributed by atoms with Crippen LogP contribution in [0.5, 0.6) is 0 Å². The van der Waals surface area contributed by atoms with Gasteiger partial charge in [-0.2, -0.15) is 5.10 Å². The molecule has 0 aromatic carbocycles. The smallest absolute Gasteiger partial charge is 0.242 e. The monoisotopic (exact) mass is 315 g/mol. The van der Waals surface area contributed by atoms with Crippen LogP contribution in [0.2, 0.25) is 0 Å². The molecule has 1 aromatic rings. The van der Waals surface area contributed by atoms with Crippen LogP contribution in [0.3, 0.4) is 0 Å². The van der Waals surface area contributed by atoms with E-state index in [0.29, 0.717) is 32.0 Å². The average Bonchev–Trinajstić information content (AvgIpc) is 2.45. The lowest BCUT2D eigenvalue weighted by atomic mass is 10.2. The Balaban J connectivity index is 2.49. The summed E-state index contributed by atoms with van der Waals surface area (Å²) in [5, 5.41) is 11.3. The first-order valence-corrected chi connectivity index (χ1v) is 9.18. The van der Waals surface area contributed by atoms with E-state index in [-0.39, 0.29) is 0 Å². The molecule has 1 aromatic heterocycles. The van der Waals surface area contributed by atoms with Gasteiger partial charge in [0.1, 0.15) is 0 Å². The molecule has 0 aliphatic carbocycles. The van der Waals surface area contributed by atoms with E-state index in [2.05, 4.69) is 20.5 Å². The van der Waals surface area contributed by atoms with Gasteiger partial charge in [0.25, 0.3) is 0 Å². The van der Waals surface area contributed by atoms with E-state index in [0.717, 1.165) is 24.2 Å². The average molecular weight is 315 g/mol. The highest BCUT2D eigenvalue weighted by molar-refractivity contribution is 7.88. The topological polar surface area (TPSA) is 88.1 Å². The Morgan fingerprint density at radius 3 is 2.29 bits per heavy atom. The van der Waals surface area contributed by atoms with Crippen LogP contribution in [-0.2, 0) is 22.9 Å². The second-order valence-corrected chi connectivity index (χ2v) is 6.75. The minimum atomic E-state index is -3.12. The third-order valence-corrected chi connectivity index (χ3v) is 4.58. The first kappa shape index (κ1) is 17.8. The van der Waals surface area contributed by atoms with Gasteiger partial charge in [-0.1, -0.05) is 20.8 Å². The van der Waals surface area contributed by atoms with Crippen molar-refractivity contribution in [2.75, 3.05) is 31.2 Å². The number of hydrogen-bond acceptors (Lipinski definition) is 6. The predicted molar refractivity (Wildman–Crippen MR) is 83.8 cm³/mol. The SMILES string of the molecule is CCc1nnc(NCCCN(CC)S(C)(=O)=O)nc1CC. The number of anilines is 1. The number of nitrogens with one attached hydrogen (secondary N) is 1. The lowest BCUT2D eigenvalue weighted by Crippen LogP contribution is -2.31. The lowest BCUT2D eigenvalue weighted by molar-refractivity contribution is 0.428. The molecule has 0 radical (unpaired) electrons. The van der Waals surface area contributed by atoms with Gasteiger partial charge in [-0.15, -0.1) is 5.10 Å². The number of aromatic nitrogens is 3. The first-order valence-electron chi connectivity index (χ1n) is 7.33. The van der Waals surface area contributed by atoms with Gasteiger partial charge in [0.2, 0.25) is 16.0 Å². The fraction of sp³-hybridized carbons (Fsp3) is 0.769. The minimum Gasteiger partial charge on any atom is -0.353 e. The molecule has 0 spiro atoms. The van der Waals surface area contributed by atoms with Crippen molar-refractivity contribution in [3.63, 3.8) is 0 Å². The summed E-state index contributed by atoms with van der Waals surface area (Å²) in [5.74, 6) is 0.506. The number of nitrogens with zero attached hydrogens (tertiary/aromatic N) is 4. The van der Waals surface area contributed by atoms with E-state index >= 15 is 0 Å². The number of hydrogen-bond donors (Lipinski definition) is 1. The quantitative estimate of drug-likeness (QED) is 0.686. The van der Waals surface area contributed by atoms with Crippen molar-refractivity contribution >= 4 is 16.0 Å². The largest absolute Gasteiger partial charge is 0.353 e. The number of aryl methyl sites for hydroxylation is 2. The van der Waals surface area contributed by atoms with E-state index < -0.39 is 10.0 Å². The Labute approximate surface area is 127 Å². The lowest BCUT2D eigenvalue weighted by Gasteiger charge is -2.17. The summed E-state index contributed by atoms with van der Waals surface area (Å²) in [6, 6.07) is 0. The number of rotatable bonds is 9. The molecular formula is C13H25N5O2S. The van der Waals surface area contributed by atoms with Crippen LogP contribution in [0.4, 0.5) is 5.95 Å². The van der Waals surface area contributed by atoms with Crippen molar-refractivity contribution in [3.05, 3.63) is 11.4 Å². The molecular weight excluding hydrogens is 290 g/mol. The van der Waals surface area contributed by atoms with Crippen molar-refractivity contribution in [1.29, 1.82) is 0 Å². The van der Waals surface area contributed by atoms with Crippen molar-refractivity contribution < 1.29 is 8.42 Å². The second-order valence-electron chi connectivity index (χ2n) is 4.77. The van der Waals surface area contributed by atoms with Crippen molar-refractivity contribution in [1.82, 2.24) is 19.5 Å². The Morgan fingerprint density at radius 1 is 1.10 bits per heavy atom. The first-order chi connectivity index (χ1) is 9.92. The van der Waals surface area contributed by atoms with Crippen LogP contribution in [0, 0.1) is 0 Å². The van der Waals surface area contributed by atoms with Gasteiger partial charge in [0.15, 0.2) is 0 Å². The summed E-state index contributed by atoms with van der Waals surface area (Å²) < 4.78 is 24.4. The molecule has 120 valence electrons. The molecule has 7 nitrogen and oxygen atoms in total. The zero-order valence-corrected chi connectivity index (χ0v) is 14.1. The van der Waals surface area contributed by atoms with Gasteiger partial charge < -0.3 is 5.32 Å². The van der Waals surface area contributed by atoms with Crippen molar-refractivity contribution in [2.45, 2.75) is 40.0 Å². The highest BCUT2D eigenvalue weighted by Gasteiger charge is 2.13. The summed E-state index contributed by atoms with van der Waals surface area (Å²) >= 11 is 0. The van der Waals surface area contributed by atoms with Crippen LogP contribution in [0.25, 0.3) is 0 Å². The third kappa shape index (κ3) is 5.55. The minimum absolute atomic E-state index is 0.488. The Hall–Kier alpha value is -1.28. The maximum atomic E-state index is 11.5. The highest BCUT2D eigenvalue weighted by atomic mass is 32.2. The standard InChI is InChI=1S/C13H25N5O2S/c1-5-11-12(6-2)16-17-13(15-11)14-9-8-10-18(7-3)21(4,19)20/h5-10H2,1-4H3,(H,14,15,17). The molecule has 0 saturated heterocycles. The molecule has 0 aliphatic heterocycles. The molecule has 0 aliphatic rings. The zero-order valence-electron chi connectivity index (χ0n) is 13.3. The van der Waals surface area contributed by atoms with E-state index in [4.69, 9.17) is 0 Å². The third-order valence-electron chi connectivity index (χ3n) is 3.20. The second kappa shape index (κ2) is 8.23. The molecule has 0 bridgehead atoms. The normalized spacial score (nSPS) is 11.9. The van der Waals surface area contributed by atoms with Crippen LogP contribution in [0.15, 0.2) is 0 Å². The maximum absolute atomic E-state index is 11.5. The maximum Gasteiger partial charge on any atom is 0.242 e.